The molecule has 0 aromatic heterocycles. The molecular formula is C17H24N2O2. The quantitative estimate of drug-likeness (QED) is 0.709. The van der Waals surface area contributed by atoms with Crippen molar-refractivity contribution < 1.29 is 9.47 Å². The van der Waals surface area contributed by atoms with Crippen molar-refractivity contribution in [1.29, 1.82) is 5.26 Å². The smallest absolute Gasteiger partial charge is 0.161 e. The summed E-state index contributed by atoms with van der Waals surface area (Å²) in [5, 5.41) is 12.7. The van der Waals surface area contributed by atoms with Crippen molar-refractivity contribution in [3.05, 3.63) is 24.3 Å². The number of nitrogens with zero attached hydrogens (tertiary/aromatic N) is 1. The molecule has 1 N–H and O–H groups in total. The highest BCUT2D eigenvalue weighted by Crippen LogP contribution is 2.27. The Labute approximate surface area is 127 Å². The van der Waals surface area contributed by atoms with E-state index in [1.54, 1.807) is 7.11 Å². The van der Waals surface area contributed by atoms with Crippen LogP contribution in [0.3, 0.4) is 0 Å². The topological polar surface area (TPSA) is 54.3 Å². The number of nitrogens with one attached hydrogen (secondary N) is 1. The lowest BCUT2D eigenvalue weighted by molar-refractivity contribution is 0.278. The van der Waals surface area contributed by atoms with Crippen molar-refractivity contribution in [3.8, 4) is 17.6 Å². The van der Waals surface area contributed by atoms with E-state index >= 15 is 0 Å². The maximum atomic E-state index is 9.30. The summed E-state index contributed by atoms with van der Waals surface area (Å²) in [6, 6.07) is 10.6. The fraction of sp³-hybridized carbons (Fsp3) is 0.588. The zero-order valence-corrected chi connectivity index (χ0v) is 12.9. The Balaban J connectivity index is 1.68. The number of rotatable bonds is 9. The van der Waals surface area contributed by atoms with Gasteiger partial charge >= 0.3 is 0 Å². The maximum absolute atomic E-state index is 9.30. The van der Waals surface area contributed by atoms with Crippen LogP contribution in [0.15, 0.2) is 24.3 Å². The van der Waals surface area contributed by atoms with Gasteiger partial charge in [0.05, 0.1) is 19.8 Å². The standard InChI is InChI=1S/C17H24N2O2/c1-17(13-18,19-14-9-10-14)11-5-6-12-21-16-8-4-3-7-15(16)20-2/h3-4,7-8,14,19H,5-6,9-12H2,1-2H3. The summed E-state index contributed by atoms with van der Waals surface area (Å²) in [5.74, 6) is 1.54. The number of benzene rings is 1. The third-order valence-electron chi connectivity index (χ3n) is 3.74. The molecule has 2 rings (SSSR count). The van der Waals surface area contributed by atoms with E-state index in [4.69, 9.17) is 9.47 Å². The molecule has 0 radical (unpaired) electrons. The number of methoxy groups -OCH3 is 1. The molecule has 114 valence electrons. The van der Waals surface area contributed by atoms with E-state index in [1.165, 1.54) is 12.8 Å². The summed E-state index contributed by atoms with van der Waals surface area (Å²) >= 11 is 0. The fourth-order valence-electron chi connectivity index (χ4n) is 2.34. The first kappa shape index (κ1) is 15.7. The van der Waals surface area contributed by atoms with Gasteiger partial charge in [-0.2, -0.15) is 5.26 Å². The lowest BCUT2D eigenvalue weighted by Gasteiger charge is -2.23. The highest BCUT2D eigenvalue weighted by molar-refractivity contribution is 5.39. The number of ether oxygens (including phenoxy) is 2. The van der Waals surface area contributed by atoms with Crippen LogP contribution in [0.25, 0.3) is 0 Å². The minimum atomic E-state index is -0.397. The molecule has 1 aromatic carbocycles. The first-order valence-corrected chi connectivity index (χ1v) is 7.61. The van der Waals surface area contributed by atoms with Gasteiger partial charge in [0, 0.05) is 6.04 Å². The lowest BCUT2D eigenvalue weighted by atomic mass is 9.96. The highest BCUT2D eigenvalue weighted by Gasteiger charge is 2.31. The lowest BCUT2D eigenvalue weighted by Crippen LogP contribution is -2.42. The Hall–Kier alpha value is -1.73. The first-order valence-electron chi connectivity index (χ1n) is 7.61. The molecule has 1 aromatic rings. The summed E-state index contributed by atoms with van der Waals surface area (Å²) in [4.78, 5) is 0. The molecule has 1 fully saturated rings. The summed E-state index contributed by atoms with van der Waals surface area (Å²) in [6.07, 6.45) is 5.16. The average Bonchev–Trinajstić information content (AvgIpc) is 3.31. The third-order valence-corrected chi connectivity index (χ3v) is 3.74. The third kappa shape index (κ3) is 4.95. The van der Waals surface area contributed by atoms with Crippen molar-refractivity contribution in [3.63, 3.8) is 0 Å². The number of para-hydroxylation sites is 2. The molecule has 21 heavy (non-hydrogen) atoms. The van der Waals surface area contributed by atoms with Gasteiger partial charge in [-0.3, -0.25) is 5.32 Å². The van der Waals surface area contributed by atoms with Gasteiger partial charge in [0.2, 0.25) is 0 Å². The van der Waals surface area contributed by atoms with Gasteiger partial charge in [0.25, 0.3) is 0 Å². The molecule has 0 bridgehead atoms. The molecule has 4 heteroatoms. The Morgan fingerprint density at radius 2 is 2.00 bits per heavy atom. The number of hydrogen-bond donors (Lipinski definition) is 1. The van der Waals surface area contributed by atoms with Crippen molar-refractivity contribution in [2.75, 3.05) is 13.7 Å². The number of hydrogen-bond acceptors (Lipinski definition) is 4. The predicted molar refractivity (Wildman–Crippen MR) is 82.5 cm³/mol. The Morgan fingerprint density at radius 1 is 1.29 bits per heavy atom. The van der Waals surface area contributed by atoms with Gasteiger partial charge in [-0.15, -0.1) is 0 Å². The molecule has 1 saturated carbocycles. The van der Waals surface area contributed by atoms with Crippen molar-refractivity contribution in [1.82, 2.24) is 5.32 Å². The Morgan fingerprint density at radius 3 is 2.62 bits per heavy atom. The number of unbranched alkanes of at least 4 members (excludes halogenated alkanes) is 1. The largest absolute Gasteiger partial charge is 0.493 e. The van der Waals surface area contributed by atoms with Crippen LogP contribution in [0.4, 0.5) is 0 Å². The second kappa shape index (κ2) is 7.33. The summed E-state index contributed by atoms with van der Waals surface area (Å²) in [5.41, 5.74) is -0.397. The van der Waals surface area contributed by atoms with Crippen LogP contribution in [0.5, 0.6) is 11.5 Å². The fourth-order valence-corrected chi connectivity index (χ4v) is 2.34. The second-order valence-corrected chi connectivity index (χ2v) is 5.82. The van der Waals surface area contributed by atoms with Crippen LogP contribution < -0.4 is 14.8 Å². The molecular weight excluding hydrogens is 264 g/mol. The zero-order chi connectivity index (χ0) is 15.1. The summed E-state index contributed by atoms with van der Waals surface area (Å²) in [6.45, 7) is 2.64. The van der Waals surface area contributed by atoms with Gasteiger partial charge < -0.3 is 9.47 Å². The SMILES string of the molecule is COc1ccccc1OCCCCC(C)(C#N)NC1CC1. The normalized spacial score (nSPS) is 16.8. The molecule has 1 atom stereocenters. The molecule has 0 amide bonds. The maximum Gasteiger partial charge on any atom is 0.161 e. The highest BCUT2D eigenvalue weighted by atomic mass is 16.5. The van der Waals surface area contributed by atoms with E-state index in [0.29, 0.717) is 12.6 Å². The van der Waals surface area contributed by atoms with Crippen LogP contribution in [0.2, 0.25) is 0 Å². The van der Waals surface area contributed by atoms with Crippen LogP contribution in [0.1, 0.15) is 39.0 Å². The minimum absolute atomic E-state index is 0.397. The number of nitriles is 1. The van der Waals surface area contributed by atoms with Crippen LogP contribution >= 0.6 is 0 Å². The van der Waals surface area contributed by atoms with Gasteiger partial charge in [-0.25, -0.2) is 0 Å². The van der Waals surface area contributed by atoms with Crippen molar-refractivity contribution >= 4 is 0 Å². The monoisotopic (exact) mass is 288 g/mol. The molecule has 0 saturated heterocycles. The van der Waals surface area contributed by atoms with Crippen LogP contribution in [-0.2, 0) is 0 Å². The Bertz CT molecular complexity index is 494. The first-order chi connectivity index (χ1) is 10.2. The van der Waals surface area contributed by atoms with E-state index in [-0.39, 0.29) is 0 Å². The molecule has 0 spiro atoms. The second-order valence-electron chi connectivity index (χ2n) is 5.82. The summed E-state index contributed by atoms with van der Waals surface area (Å²) < 4.78 is 11.0. The molecule has 1 aliphatic rings. The Kier molecular flexibility index (Phi) is 5.46. The van der Waals surface area contributed by atoms with E-state index < -0.39 is 5.54 Å². The van der Waals surface area contributed by atoms with Gasteiger partial charge in [0.1, 0.15) is 5.54 Å². The summed E-state index contributed by atoms with van der Waals surface area (Å²) in [7, 11) is 1.64. The molecule has 0 aliphatic heterocycles. The van der Waals surface area contributed by atoms with E-state index in [1.807, 2.05) is 31.2 Å². The minimum Gasteiger partial charge on any atom is -0.493 e. The van der Waals surface area contributed by atoms with Gasteiger partial charge in [-0.1, -0.05) is 12.1 Å². The van der Waals surface area contributed by atoms with Gasteiger partial charge in [-0.05, 0) is 51.2 Å². The zero-order valence-electron chi connectivity index (χ0n) is 12.9. The van der Waals surface area contributed by atoms with Crippen molar-refractivity contribution in [2.24, 2.45) is 0 Å². The predicted octanol–water partition coefficient (Wildman–Crippen LogP) is 3.28. The van der Waals surface area contributed by atoms with Crippen molar-refractivity contribution in [2.45, 2.75) is 50.6 Å². The molecule has 1 unspecified atom stereocenters. The average molecular weight is 288 g/mol. The van der Waals surface area contributed by atoms with Crippen LogP contribution in [-0.4, -0.2) is 25.3 Å². The van der Waals surface area contributed by atoms with Crippen LogP contribution in [0, 0.1) is 11.3 Å². The van der Waals surface area contributed by atoms with Gasteiger partial charge in [0.15, 0.2) is 11.5 Å². The molecule has 4 nitrogen and oxygen atoms in total. The molecule has 1 aliphatic carbocycles. The van der Waals surface area contributed by atoms with E-state index in [9.17, 15) is 5.26 Å². The molecule has 0 heterocycles. The van der Waals surface area contributed by atoms with E-state index in [2.05, 4.69) is 11.4 Å². The van der Waals surface area contributed by atoms with E-state index in [0.717, 1.165) is 30.8 Å².